The molecule has 1 aromatic carbocycles. The van der Waals surface area contributed by atoms with E-state index in [9.17, 15) is 4.79 Å². The maximum Gasteiger partial charge on any atom is 0.410 e. The van der Waals surface area contributed by atoms with Crippen molar-refractivity contribution in [3.8, 4) is 0 Å². The molecule has 5 heteroatoms. The van der Waals surface area contributed by atoms with Crippen LogP contribution in [0.1, 0.15) is 32.4 Å². The first-order valence-corrected chi connectivity index (χ1v) is 7.13. The molecular weight excluding hydrogens is 278 g/mol. The minimum Gasteiger partial charge on any atom is -0.450 e. The first kappa shape index (κ1) is 15.1. The molecule has 1 amide bonds. The van der Waals surface area contributed by atoms with Crippen LogP contribution in [0.3, 0.4) is 0 Å². The zero-order valence-corrected chi connectivity index (χ0v) is 12.8. The number of morpholine rings is 1. The van der Waals surface area contributed by atoms with Gasteiger partial charge in [-0.05, 0) is 38.5 Å². The molecule has 1 saturated heterocycles. The van der Waals surface area contributed by atoms with Crippen LogP contribution in [0, 0.1) is 0 Å². The largest absolute Gasteiger partial charge is 0.450 e. The van der Waals surface area contributed by atoms with Crippen molar-refractivity contribution in [1.29, 1.82) is 0 Å². The number of nitrogens with zero attached hydrogens (tertiary/aromatic N) is 1. The SMILES string of the molecule is CCOC(=O)N1CC(c2cccc(Cl)c2)OCC1(C)C. The molecule has 1 heterocycles. The Bertz CT molecular complexity index is 490. The molecule has 1 aliphatic rings. The minimum absolute atomic E-state index is 0.175. The Morgan fingerprint density at radius 2 is 2.30 bits per heavy atom. The smallest absolute Gasteiger partial charge is 0.410 e. The number of carbonyl (C=O) groups excluding carboxylic acids is 1. The van der Waals surface area contributed by atoms with Gasteiger partial charge in [0.05, 0.1) is 25.3 Å². The van der Waals surface area contributed by atoms with Crippen LogP contribution in [0.2, 0.25) is 5.02 Å². The fourth-order valence-corrected chi connectivity index (χ4v) is 2.48. The van der Waals surface area contributed by atoms with Gasteiger partial charge in [0.1, 0.15) is 6.10 Å². The number of carbonyl (C=O) groups is 1. The fourth-order valence-electron chi connectivity index (χ4n) is 2.28. The van der Waals surface area contributed by atoms with Crippen molar-refractivity contribution in [2.45, 2.75) is 32.4 Å². The monoisotopic (exact) mass is 297 g/mol. The lowest BCUT2D eigenvalue weighted by Crippen LogP contribution is -2.56. The molecular formula is C15H20ClNO3. The van der Waals surface area contributed by atoms with Crippen LogP contribution in [0.25, 0.3) is 0 Å². The molecule has 1 unspecified atom stereocenters. The lowest BCUT2D eigenvalue weighted by atomic mass is 9.99. The number of hydrogen-bond acceptors (Lipinski definition) is 3. The predicted octanol–water partition coefficient (Wildman–Crippen LogP) is 3.65. The summed E-state index contributed by atoms with van der Waals surface area (Å²) in [5, 5.41) is 0.665. The van der Waals surface area contributed by atoms with Crippen molar-refractivity contribution in [2.24, 2.45) is 0 Å². The summed E-state index contributed by atoms with van der Waals surface area (Å²) in [4.78, 5) is 13.8. The van der Waals surface area contributed by atoms with Gasteiger partial charge in [-0.1, -0.05) is 23.7 Å². The van der Waals surface area contributed by atoms with Crippen LogP contribution >= 0.6 is 11.6 Å². The van der Waals surface area contributed by atoms with E-state index in [1.165, 1.54) is 0 Å². The van der Waals surface area contributed by atoms with E-state index in [2.05, 4.69) is 0 Å². The number of rotatable bonds is 2. The van der Waals surface area contributed by atoms with Gasteiger partial charge in [-0.3, -0.25) is 4.90 Å². The van der Waals surface area contributed by atoms with Crippen molar-refractivity contribution < 1.29 is 14.3 Å². The molecule has 1 aromatic rings. The molecule has 20 heavy (non-hydrogen) atoms. The van der Waals surface area contributed by atoms with E-state index in [1.807, 2.05) is 38.1 Å². The molecule has 0 bridgehead atoms. The standard InChI is InChI=1S/C15H20ClNO3/c1-4-19-14(18)17-9-13(20-10-15(17,2)3)11-6-5-7-12(16)8-11/h5-8,13H,4,9-10H2,1-3H3. The van der Waals surface area contributed by atoms with Gasteiger partial charge in [-0.2, -0.15) is 0 Å². The van der Waals surface area contributed by atoms with E-state index in [0.717, 1.165) is 5.56 Å². The molecule has 0 aliphatic carbocycles. The zero-order valence-electron chi connectivity index (χ0n) is 12.1. The van der Waals surface area contributed by atoms with E-state index in [4.69, 9.17) is 21.1 Å². The number of hydrogen-bond donors (Lipinski definition) is 0. The maximum absolute atomic E-state index is 12.1. The van der Waals surface area contributed by atoms with E-state index in [1.54, 1.807) is 11.8 Å². The summed E-state index contributed by atoms with van der Waals surface area (Å²) in [7, 11) is 0. The third-order valence-corrected chi connectivity index (χ3v) is 3.66. The molecule has 1 fully saturated rings. The number of ether oxygens (including phenoxy) is 2. The minimum atomic E-state index is -0.374. The third kappa shape index (κ3) is 3.25. The maximum atomic E-state index is 12.1. The highest BCUT2D eigenvalue weighted by Gasteiger charge is 2.39. The number of amides is 1. The molecule has 2 rings (SSSR count). The van der Waals surface area contributed by atoms with Crippen molar-refractivity contribution >= 4 is 17.7 Å². The molecule has 0 spiro atoms. The van der Waals surface area contributed by atoms with Gasteiger partial charge < -0.3 is 9.47 Å². The summed E-state index contributed by atoms with van der Waals surface area (Å²) in [5.41, 5.74) is 0.601. The van der Waals surface area contributed by atoms with Gasteiger partial charge >= 0.3 is 6.09 Å². The summed E-state index contributed by atoms with van der Waals surface area (Å²) in [6.45, 7) is 7.04. The average Bonchev–Trinajstić information content (AvgIpc) is 2.38. The van der Waals surface area contributed by atoms with Crippen LogP contribution in [0.15, 0.2) is 24.3 Å². The van der Waals surface area contributed by atoms with Crippen molar-refractivity contribution in [3.05, 3.63) is 34.9 Å². The summed E-state index contributed by atoms with van der Waals surface area (Å²) < 4.78 is 11.0. The van der Waals surface area contributed by atoms with Gasteiger partial charge in [-0.15, -0.1) is 0 Å². The van der Waals surface area contributed by atoms with Crippen molar-refractivity contribution in [1.82, 2.24) is 4.90 Å². The number of halogens is 1. The number of benzene rings is 1. The zero-order chi connectivity index (χ0) is 14.8. The molecule has 110 valence electrons. The quantitative estimate of drug-likeness (QED) is 0.836. The Morgan fingerprint density at radius 3 is 2.95 bits per heavy atom. The Morgan fingerprint density at radius 1 is 1.55 bits per heavy atom. The first-order valence-electron chi connectivity index (χ1n) is 6.75. The van der Waals surface area contributed by atoms with Gasteiger partial charge in [0.2, 0.25) is 0 Å². The van der Waals surface area contributed by atoms with Gasteiger partial charge in [0.25, 0.3) is 0 Å². The Balaban J connectivity index is 2.18. The van der Waals surface area contributed by atoms with E-state index < -0.39 is 0 Å². The second-order valence-electron chi connectivity index (χ2n) is 5.48. The van der Waals surface area contributed by atoms with Crippen LogP contribution in [-0.2, 0) is 9.47 Å². The second-order valence-corrected chi connectivity index (χ2v) is 5.91. The van der Waals surface area contributed by atoms with Crippen molar-refractivity contribution in [2.75, 3.05) is 19.8 Å². The van der Waals surface area contributed by atoms with E-state index in [0.29, 0.717) is 24.8 Å². The Kier molecular flexibility index (Phi) is 4.55. The molecule has 0 N–H and O–H groups in total. The summed E-state index contributed by atoms with van der Waals surface area (Å²) in [5.74, 6) is 0. The Hall–Kier alpha value is -1.26. The van der Waals surface area contributed by atoms with E-state index >= 15 is 0 Å². The topological polar surface area (TPSA) is 38.8 Å². The van der Waals surface area contributed by atoms with Gasteiger partial charge in [0.15, 0.2) is 0 Å². The molecule has 0 aromatic heterocycles. The van der Waals surface area contributed by atoms with Gasteiger partial charge in [0, 0.05) is 5.02 Å². The summed E-state index contributed by atoms with van der Waals surface area (Å²) in [6, 6.07) is 7.53. The van der Waals surface area contributed by atoms with Crippen LogP contribution < -0.4 is 0 Å². The molecule has 1 aliphatic heterocycles. The Labute approximate surface area is 124 Å². The lowest BCUT2D eigenvalue weighted by Gasteiger charge is -2.44. The molecule has 4 nitrogen and oxygen atoms in total. The molecule has 0 saturated carbocycles. The highest BCUT2D eigenvalue weighted by atomic mass is 35.5. The second kappa shape index (κ2) is 6.02. The van der Waals surface area contributed by atoms with Crippen LogP contribution in [-0.4, -0.2) is 36.3 Å². The van der Waals surface area contributed by atoms with Gasteiger partial charge in [-0.25, -0.2) is 4.79 Å². The third-order valence-electron chi connectivity index (χ3n) is 3.43. The molecule has 1 atom stereocenters. The highest BCUT2D eigenvalue weighted by molar-refractivity contribution is 6.30. The van der Waals surface area contributed by atoms with Crippen molar-refractivity contribution in [3.63, 3.8) is 0 Å². The summed E-state index contributed by atoms with van der Waals surface area (Å²) in [6.07, 6.45) is -0.473. The first-order chi connectivity index (χ1) is 9.44. The molecule has 0 radical (unpaired) electrons. The average molecular weight is 298 g/mol. The highest BCUT2D eigenvalue weighted by Crippen LogP contribution is 2.31. The fraction of sp³-hybridized carbons (Fsp3) is 0.533. The van der Waals surface area contributed by atoms with Crippen LogP contribution in [0.5, 0.6) is 0 Å². The normalized spacial score (nSPS) is 21.6. The lowest BCUT2D eigenvalue weighted by molar-refractivity contribution is -0.0913. The van der Waals surface area contributed by atoms with Crippen LogP contribution in [0.4, 0.5) is 4.79 Å². The van der Waals surface area contributed by atoms with E-state index in [-0.39, 0.29) is 17.7 Å². The summed E-state index contributed by atoms with van der Waals surface area (Å²) >= 11 is 6.01. The predicted molar refractivity (Wildman–Crippen MR) is 78.0 cm³/mol.